The van der Waals surface area contributed by atoms with E-state index in [2.05, 4.69) is 30.6 Å². The van der Waals surface area contributed by atoms with Crippen LogP contribution in [-0.2, 0) is 6.42 Å². The number of nitrogens with one attached hydrogen (secondary N) is 1. The number of hydrogen-bond donors (Lipinski definition) is 1. The maximum atomic E-state index is 13.8. The summed E-state index contributed by atoms with van der Waals surface area (Å²) in [4.78, 5) is 1.33. The monoisotopic (exact) mass is 307 g/mol. The van der Waals surface area contributed by atoms with Gasteiger partial charge in [-0.25, -0.2) is 4.39 Å². The minimum Gasteiger partial charge on any atom is -0.494 e. The van der Waals surface area contributed by atoms with E-state index in [4.69, 9.17) is 4.74 Å². The third kappa shape index (κ3) is 4.05. The summed E-state index contributed by atoms with van der Waals surface area (Å²) in [5.41, 5.74) is 2.28. The van der Waals surface area contributed by atoms with E-state index in [1.807, 2.05) is 6.07 Å². The average molecular weight is 307 g/mol. The zero-order chi connectivity index (χ0) is 15.2. The van der Waals surface area contributed by atoms with Gasteiger partial charge in [0.05, 0.1) is 7.11 Å². The lowest BCUT2D eigenvalue weighted by molar-refractivity contribution is 0.386. The molecule has 0 aliphatic rings. The predicted molar refractivity (Wildman–Crippen MR) is 86.7 cm³/mol. The zero-order valence-electron chi connectivity index (χ0n) is 12.8. The second-order valence-corrected chi connectivity index (χ2v) is 6.10. The van der Waals surface area contributed by atoms with Gasteiger partial charge >= 0.3 is 0 Å². The summed E-state index contributed by atoms with van der Waals surface area (Å²) in [6, 6.07) is 7.57. The van der Waals surface area contributed by atoms with Gasteiger partial charge in [-0.15, -0.1) is 11.3 Å². The van der Waals surface area contributed by atoms with Gasteiger partial charge in [0.15, 0.2) is 11.6 Å². The molecule has 1 atom stereocenters. The van der Waals surface area contributed by atoms with E-state index in [9.17, 15) is 4.39 Å². The molecule has 0 saturated carbocycles. The highest BCUT2D eigenvalue weighted by Gasteiger charge is 2.16. The second kappa shape index (κ2) is 7.57. The van der Waals surface area contributed by atoms with Crippen molar-refractivity contribution in [2.45, 2.75) is 32.7 Å². The summed E-state index contributed by atoms with van der Waals surface area (Å²) < 4.78 is 18.8. The van der Waals surface area contributed by atoms with E-state index in [1.165, 1.54) is 17.6 Å². The van der Waals surface area contributed by atoms with Crippen LogP contribution in [0, 0.1) is 12.7 Å². The zero-order valence-corrected chi connectivity index (χ0v) is 13.6. The Balaban J connectivity index is 2.18. The number of rotatable bonds is 7. The Kier molecular flexibility index (Phi) is 5.76. The van der Waals surface area contributed by atoms with Crippen molar-refractivity contribution in [3.63, 3.8) is 0 Å². The lowest BCUT2D eigenvalue weighted by Crippen LogP contribution is -2.24. The number of hydrogen-bond acceptors (Lipinski definition) is 3. The first-order valence-corrected chi connectivity index (χ1v) is 8.13. The molecule has 4 heteroatoms. The molecule has 0 aliphatic heterocycles. The van der Waals surface area contributed by atoms with Gasteiger partial charge in [-0.1, -0.05) is 13.0 Å². The molecule has 0 aliphatic carbocycles. The van der Waals surface area contributed by atoms with Crippen molar-refractivity contribution in [2.75, 3.05) is 13.7 Å². The Morgan fingerprint density at radius 1 is 1.33 bits per heavy atom. The standard InChI is InChI=1S/C17H22FNOS/c1-4-8-19-15(17-12(2)7-9-21-17)11-13-5-6-16(20-3)14(18)10-13/h5-7,9-10,15,19H,4,8,11H2,1-3H3. The molecule has 2 aromatic rings. The Morgan fingerprint density at radius 2 is 2.14 bits per heavy atom. The largest absolute Gasteiger partial charge is 0.494 e. The predicted octanol–water partition coefficient (Wildman–Crippen LogP) is 4.49. The van der Waals surface area contributed by atoms with Gasteiger partial charge in [0.25, 0.3) is 0 Å². The minimum atomic E-state index is -0.299. The molecule has 0 spiro atoms. The molecule has 1 heterocycles. The molecular weight excluding hydrogens is 285 g/mol. The van der Waals surface area contributed by atoms with Crippen molar-refractivity contribution in [1.29, 1.82) is 0 Å². The van der Waals surface area contributed by atoms with Crippen LogP contribution in [0.3, 0.4) is 0 Å². The lowest BCUT2D eigenvalue weighted by atomic mass is 10.0. The molecule has 21 heavy (non-hydrogen) atoms. The van der Waals surface area contributed by atoms with Gasteiger partial charge in [0.2, 0.25) is 0 Å². The molecule has 0 bridgehead atoms. The molecule has 1 aromatic heterocycles. The van der Waals surface area contributed by atoms with E-state index >= 15 is 0 Å². The molecule has 2 rings (SSSR count). The van der Waals surface area contributed by atoms with Crippen LogP contribution in [0.15, 0.2) is 29.6 Å². The highest BCUT2D eigenvalue weighted by atomic mass is 32.1. The second-order valence-electron chi connectivity index (χ2n) is 5.15. The van der Waals surface area contributed by atoms with Crippen molar-refractivity contribution in [1.82, 2.24) is 5.32 Å². The van der Waals surface area contributed by atoms with E-state index in [-0.39, 0.29) is 11.9 Å². The molecular formula is C17H22FNOS. The summed E-state index contributed by atoms with van der Waals surface area (Å²) >= 11 is 1.76. The van der Waals surface area contributed by atoms with Gasteiger partial charge in [0.1, 0.15) is 0 Å². The van der Waals surface area contributed by atoms with Crippen molar-refractivity contribution in [3.8, 4) is 5.75 Å². The minimum absolute atomic E-state index is 0.234. The Morgan fingerprint density at radius 3 is 2.71 bits per heavy atom. The fourth-order valence-corrected chi connectivity index (χ4v) is 3.39. The van der Waals surface area contributed by atoms with Crippen LogP contribution in [0.1, 0.15) is 35.4 Å². The Hall–Kier alpha value is -1.39. The summed E-state index contributed by atoms with van der Waals surface area (Å²) in [5.74, 6) is -0.00346. The number of halogens is 1. The van der Waals surface area contributed by atoms with Gasteiger partial charge in [-0.2, -0.15) is 0 Å². The number of ether oxygens (including phenoxy) is 1. The van der Waals surface area contributed by atoms with Crippen LogP contribution in [0.2, 0.25) is 0 Å². The van der Waals surface area contributed by atoms with Crippen LogP contribution < -0.4 is 10.1 Å². The number of thiophene rings is 1. The average Bonchev–Trinajstić information content (AvgIpc) is 2.90. The molecule has 2 nitrogen and oxygen atoms in total. The topological polar surface area (TPSA) is 21.3 Å². The van der Waals surface area contributed by atoms with E-state index in [0.717, 1.165) is 24.9 Å². The first-order valence-electron chi connectivity index (χ1n) is 7.25. The van der Waals surface area contributed by atoms with E-state index in [1.54, 1.807) is 23.5 Å². The molecule has 0 saturated heterocycles. The van der Waals surface area contributed by atoms with Gasteiger partial charge in [-0.05, 0) is 61.0 Å². The van der Waals surface area contributed by atoms with Crippen molar-refractivity contribution in [2.24, 2.45) is 0 Å². The lowest BCUT2D eigenvalue weighted by Gasteiger charge is -2.19. The van der Waals surface area contributed by atoms with Gasteiger partial charge < -0.3 is 10.1 Å². The molecule has 1 aromatic carbocycles. The van der Waals surface area contributed by atoms with Crippen LogP contribution in [-0.4, -0.2) is 13.7 Å². The van der Waals surface area contributed by atoms with Crippen molar-refractivity contribution in [3.05, 3.63) is 51.5 Å². The molecule has 1 unspecified atom stereocenters. The Bertz CT molecular complexity index is 582. The number of benzene rings is 1. The van der Waals surface area contributed by atoms with E-state index < -0.39 is 0 Å². The quantitative estimate of drug-likeness (QED) is 0.814. The fourth-order valence-electron chi connectivity index (χ4n) is 2.39. The fraction of sp³-hybridized carbons (Fsp3) is 0.412. The Labute approximate surface area is 130 Å². The summed E-state index contributed by atoms with van der Waals surface area (Å²) in [5, 5.41) is 5.68. The first kappa shape index (κ1) is 16.0. The molecule has 1 N–H and O–H groups in total. The van der Waals surface area contributed by atoms with Crippen molar-refractivity contribution >= 4 is 11.3 Å². The normalized spacial score (nSPS) is 12.4. The SMILES string of the molecule is CCCNC(Cc1ccc(OC)c(F)c1)c1sccc1C. The highest BCUT2D eigenvalue weighted by molar-refractivity contribution is 7.10. The maximum Gasteiger partial charge on any atom is 0.165 e. The van der Waals surface area contributed by atoms with Crippen molar-refractivity contribution < 1.29 is 9.13 Å². The number of aryl methyl sites for hydroxylation is 1. The van der Waals surface area contributed by atoms with Crippen LogP contribution >= 0.6 is 11.3 Å². The molecule has 0 amide bonds. The smallest absolute Gasteiger partial charge is 0.165 e. The summed E-state index contributed by atoms with van der Waals surface area (Å²) in [7, 11) is 1.48. The molecule has 0 radical (unpaired) electrons. The third-order valence-corrected chi connectivity index (χ3v) is 4.65. The van der Waals surface area contributed by atoms with Crippen LogP contribution in [0.4, 0.5) is 4.39 Å². The molecule has 0 fully saturated rings. The third-order valence-electron chi connectivity index (χ3n) is 3.51. The van der Waals surface area contributed by atoms with E-state index in [0.29, 0.717) is 5.75 Å². The van der Waals surface area contributed by atoms with Gasteiger partial charge in [0, 0.05) is 10.9 Å². The maximum absolute atomic E-state index is 13.8. The summed E-state index contributed by atoms with van der Waals surface area (Å²) in [6.07, 6.45) is 1.86. The van der Waals surface area contributed by atoms with Gasteiger partial charge in [-0.3, -0.25) is 0 Å². The molecule has 114 valence electrons. The first-order chi connectivity index (χ1) is 10.2. The van der Waals surface area contributed by atoms with Crippen LogP contribution in [0.25, 0.3) is 0 Å². The number of methoxy groups -OCH3 is 1. The summed E-state index contributed by atoms with van der Waals surface area (Å²) in [6.45, 7) is 5.24. The highest BCUT2D eigenvalue weighted by Crippen LogP contribution is 2.28. The van der Waals surface area contributed by atoms with Crippen LogP contribution in [0.5, 0.6) is 5.75 Å².